The first kappa shape index (κ1) is 14.6. The quantitative estimate of drug-likeness (QED) is 0.796. The molecule has 0 fully saturated rings. The number of alkyl halides is 3. The fourth-order valence-corrected chi connectivity index (χ4v) is 2.08. The third kappa shape index (κ3) is 3.21. The van der Waals surface area contributed by atoms with Crippen LogP contribution in [0.3, 0.4) is 0 Å². The summed E-state index contributed by atoms with van der Waals surface area (Å²) in [5, 5.41) is 0. The molecule has 0 bridgehead atoms. The molecule has 1 heterocycles. The van der Waals surface area contributed by atoms with Gasteiger partial charge in [0.1, 0.15) is 5.82 Å². The predicted octanol–water partition coefficient (Wildman–Crippen LogP) is 4.68. The summed E-state index contributed by atoms with van der Waals surface area (Å²) in [4.78, 5) is 4.41. The Hall–Kier alpha value is -1.78. The molecule has 0 aliphatic carbocycles. The van der Waals surface area contributed by atoms with Gasteiger partial charge in [0.2, 0.25) is 0 Å². The molecule has 0 spiro atoms. The Labute approximate surface area is 116 Å². The maximum absolute atomic E-state index is 12.6. The van der Waals surface area contributed by atoms with Crippen LogP contribution in [0.2, 0.25) is 0 Å². The lowest BCUT2D eigenvalue weighted by molar-refractivity contribution is -0.137. The SMILES string of the molecule is CCCCn1cc(C)nc1-c1ccc(C(F)(F)F)cc1. The molecule has 2 rings (SSSR count). The van der Waals surface area contributed by atoms with E-state index in [9.17, 15) is 13.2 Å². The first-order chi connectivity index (χ1) is 9.41. The summed E-state index contributed by atoms with van der Waals surface area (Å²) in [6.07, 6.45) is -0.290. The van der Waals surface area contributed by atoms with Gasteiger partial charge in [-0.3, -0.25) is 0 Å². The Bertz CT molecular complexity index is 568. The number of halogens is 3. The number of rotatable bonds is 4. The summed E-state index contributed by atoms with van der Waals surface area (Å²) >= 11 is 0. The van der Waals surface area contributed by atoms with Gasteiger partial charge in [0, 0.05) is 18.3 Å². The molecule has 0 aliphatic rings. The van der Waals surface area contributed by atoms with Crippen LogP contribution < -0.4 is 0 Å². The maximum atomic E-state index is 12.6. The molecule has 0 radical (unpaired) electrons. The normalized spacial score (nSPS) is 11.8. The summed E-state index contributed by atoms with van der Waals surface area (Å²) in [6, 6.07) is 5.16. The number of nitrogens with zero attached hydrogens (tertiary/aromatic N) is 2. The lowest BCUT2D eigenvalue weighted by Crippen LogP contribution is -2.04. The third-order valence-electron chi connectivity index (χ3n) is 3.12. The molecule has 0 unspecified atom stereocenters. The van der Waals surface area contributed by atoms with E-state index in [0.717, 1.165) is 43.0 Å². The molecule has 1 aromatic carbocycles. The van der Waals surface area contributed by atoms with Crippen molar-refractivity contribution in [1.82, 2.24) is 9.55 Å². The predicted molar refractivity (Wildman–Crippen MR) is 72.3 cm³/mol. The van der Waals surface area contributed by atoms with Crippen molar-refractivity contribution in [2.24, 2.45) is 0 Å². The molecule has 2 nitrogen and oxygen atoms in total. The van der Waals surface area contributed by atoms with Gasteiger partial charge >= 0.3 is 6.18 Å². The molecule has 0 amide bonds. The molecule has 2 aromatic rings. The number of hydrogen-bond acceptors (Lipinski definition) is 1. The third-order valence-corrected chi connectivity index (χ3v) is 3.12. The Morgan fingerprint density at radius 1 is 1.15 bits per heavy atom. The molecule has 108 valence electrons. The van der Waals surface area contributed by atoms with E-state index in [2.05, 4.69) is 11.9 Å². The Morgan fingerprint density at radius 3 is 2.35 bits per heavy atom. The zero-order valence-electron chi connectivity index (χ0n) is 11.5. The zero-order chi connectivity index (χ0) is 14.8. The molecule has 1 aromatic heterocycles. The van der Waals surface area contributed by atoms with Crippen LogP contribution in [-0.2, 0) is 12.7 Å². The molecule has 0 saturated heterocycles. The van der Waals surface area contributed by atoms with E-state index < -0.39 is 11.7 Å². The lowest BCUT2D eigenvalue weighted by atomic mass is 10.1. The van der Waals surface area contributed by atoms with Crippen LogP contribution in [0.1, 0.15) is 31.0 Å². The van der Waals surface area contributed by atoms with E-state index in [1.807, 2.05) is 17.7 Å². The fourth-order valence-electron chi connectivity index (χ4n) is 2.08. The van der Waals surface area contributed by atoms with Gasteiger partial charge in [-0.05, 0) is 25.5 Å². The molecule has 5 heteroatoms. The number of benzene rings is 1. The number of aromatic nitrogens is 2. The van der Waals surface area contributed by atoms with Crippen molar-refractivity contribution in [2.45, 2.75) is 39.4 Å². The molecular weight excluding hydrogens is 265 g/mol. The molecule has 0 aliphatic heterocycles. The smallest absolute Gasteiger partial charge is 0.331 e. The first-order valence-electron chi connectivity index (χ1n) is 6.63. The van der Waals surface area contributed by atoms with Gasteiger partial charge in [-0.15, -0.1) is 0 Å². The number of aryl methyl sites for hydroxylation is 2. The van der Waals surface area contributed by atoms with E-state index >= 15 is 0 Å². The van der Waals surface area contributed by atoms with Crippen LogP contribution in [0.25, 0.3) is 11.4 Å². The Morgan fingerprint density at radius 2 is 1.80 bits per heavy atom. The lowest BCUT2D eigenvalue weighted by Gasteiger charge is -2.09. The van der Waals surface area contributed by atoms with Crippen molar-refractivity contribution in [1.29, 1.82) is 0 Å². The van der Waals surface area contributed by atoms with Crippen LogP contribution >= 0.6 is 0 Å². The maximum Gasteiger partial charge on any atom is 0.416 e. The van der Waals surface area contributed by atoms with Gasteiger partial charge in [0.25, 0.3) is 0 Å². The number of unbranched alkanes of at least 4 members (excludes halogenated alkanes) is 1. The van der Waals surface area contributed by atoms with E-state index in [-0.39, 0.29) is 0 Å². The summed E-state index contributed by atoms with van der Waals surface area (Å²) in [5.74, 6) is 0.727. The van der Waals surface area contributed by atoms with Gasteiger partial charge < -0.3 is 4.57 Å². The summed E-state index contributed by atoms with van der Waals surface area (Å²) < 4.78 is 39.7. The standard InChI is InChI=1S/C15H17F3N2/c1-3-4-9-20-10-11(2)19-14(20)12-5-7-13(8-6-12)15(16,17)18/h5-8,10H,3-4,9H2,1-2H3. The largest absolute Gasteiger partial charge is 0.416 e. The Balaban J connectivity index is 2.31. The average molecular weight is 282 g/mol. The number of imidazole rings is 1. The highest BCUT2D eigenvalue weighted by Crippen LogP contribution is 2.30. The molecular formula is C15H17F3N2. The van der Waals surface area contributed by atoms with E-state index in [0.29, 0.717) is 5.56 Å². The van der Waals surface area contributed by atoms with E-state index in [1.54, 1.807) is 0 Å². The second-order valence-corrected chi connectivity index (χ2v) is 4.83. The topological polar surface area (TPSA) is 17.8 Å². The highest BCUT2D eigenvalue weighted by Gasteiger charge is 2.30. The van der Waals surface area contributed by atoms with Gasteiger partial charge in [0.15, 0.2) is 0 Å². The minimum absolute atomic E-state index is 0.635. The van der Waals surface area contributed by atoms with Gasteiger partial charge in [-0.25, -0.2) is 4.98 Å². The second kappa shape index (κ2) is 5.69. The van der Waals surface area contributed by atoms with Crippen molar-refractivity contribution in [3.63, 3.8) is 0 Å². The van der Waals surface area contributed by atoms with Crippen LogP contribution in [0.5, 0.6) is 0 Å². The van der Waals surface area contributed by atoms with Crippen molar-refractivity contribution in [3.8, 4) is 11.4 Å². The summed E-state index contributed by atoms with van der Waals surface area (Å²) in [6.45, 7) is 4.81. The van der Waals surface area contributed by atoms with E-state index in [1.165, 1.54) is 12.1 Å². The van der Waals surface area contributed by atoms with Crippen molar-refractivity contribution in [3.05, 3.63) is 41.7 Å². The fraction of sp³-hybridized carbons (Fsp3) is 0.400. The molecule has 20 heavy (non-hydrogen) atoms. The minimum Gasteiger partial charge on any atom is -0.331 e. The first-order valence-corrected chi connectivity index (χ1v) is 6.63. The average Bonchev–Trinajstić information content (AvgIpc) is 2.76. The monoisotopic (exact) mass is 282 g/mol. The highest BCUT2D eigenvalue weighted by atomic mass is 19.4. The van der Waals surface area contributed by atoms with Crippen LogP contribution in [0, 0.1) is 6.92 Å². The molecule has 0 saturated carbocycles. The zero-order valence-corrected chi connectivity index (χ0v) is 11.5. The molecule has 0 N–H and O–H groups in total. The van der Waals surface area contributed by atoms with Crippen molar-refractivity contribution < 1.29 is 13.2 Å². The van der Waals surface area contributed by atoms with Gasteiger partial charge in [0.05, 0.1) is 11.3 Å². The van der Waals surface area contributed by atoms with Crippen molar-refractivity contribution >= 4 is 0 Å². The van der Waals surface area contributed by atoms with Crippen LogP contribution in [-0.4, -0.2) is 9.55 Å². The highest BCUT2D eigenvalue weighted by molar-refractivity contribution is 5.56. The summed E-state index contributed by atoms with van der Waals surface area (Å²) in [7, 11) is 0. The van der Waals surface area contributed by atoms with Crippen molar-refractivity contribution in [2.75, 3.05) is 0 Å². The van der Waals surface area contributed by atoms with Crippen LogP contribution in [0.15, 0.2) is 30.5 Å². The van der Waals surface area contributed by atoms with E-state index in [4.69, 9.17) is 0 Å². The summed E-state index contributed by atoms with van der Waals surface area (Å²) in [5.41, 5.74) is 0.947. The van der Waals surface area contributed by atoms with Crippen LogP contribution in [0.4, 0.5) is 13.2 Å². The van der Waals surface area contributed by atoms with Gasteiger partial charge in [-0.1, -0.05) is 25.5 Å². The minimum atomic E-state index is -4.30. The molecule has 0 atom stereocenters. The number of hydrogen-bond donors (Lipinski definition) is 0. The van der Waals surface area contributed by atoms with Gasteiger partial charge in [-0.2, -0.15) is 13.2 Å². The second-order valence-electron chi connectivity index (χ2n) is 4.83. The Kier molecular flexibility index (Phi) is 4.16.